The van der Waals surface area contributed by atoms with Gasteiger partial charge in [0.15, 0.2) is 0 Å². The standard InChI is InChI=1S/C18H13ClF2N4O3S/c19-10-4-6-11(7-5-10)23-14(26)9-29-18-25-24-15(28-18)8-22-17(27)16-12(20)2-1-3-13(16)21/h1-7H,8-9H2,(H,22,27)(H,23,26). The van der Waals surface area contributed by atoms with Crippen LogP contribution in [0.25, 0.3) is 0 Å². The van der Waals surface area contributed by atoms with E-state index in [4.69, 9.17) is 16.0 Å². The number of thioether (sulfide) groups is 1. The summed E-state index contributed by atoms with van der Waals surface area (Å²) in [6, 6.07) is 9.74. The summed E-state index contributed by atoms with van der Waals surface area (Å²) in [5.41, 5.74) is -0.102. The summed E-state index contributed by atoms with van der Waals surface area (Å²) in [7, 11) is 0. The van der Waals surface area contributed by atoms with Gasteiger partial charge in [0.25, 0.3) is 11.1 Å². The Morgan fingerprint density at radius 2 is 1.76 bits per heavy atom. The van der Waals surface area contributed by atoms with Crippen molar-refractivity contribution in [1.82, 2.24) is 15.5 Å². The molecule has 3 aromatic rings. The Morgan fingerprint density at radius 1 is 1.07 bits per heavy atom. The van der Waals surface area contributed by atoms with Gasteiger partial charge in [0.2, 0.25) is 11.8 Å². The maximum atomic E-state index is 13.6. The van der Waals surface area contributed by atoms with Crippen LogP contribution in [0.2, 0.25) is 5.02 Å². The number of benzene rings is 2. The SMILES string of the molecule is O=C(CSc1nnc(CNC(=O)c2c(F)cccc2F)o1)Nc1ccc(Cl)cc1. The molecule has 7 nitrogen and oxygen atoms in total. The number of amides is 2. The van der Waals surface area contributed by atoms with E-state index in [0.717, 1.165) is 30.0 Å². The fourth-order valence-electron chi connectivity index (χ4n) is 2.18. The Bertz CT molecular complexity index is 1010. The first-order valence-electron chi connectivity index (χ1n) is 8.15. The summed E-state index contributed by atoms with van der Waals surface area (Å²) < 4.78 is 32.5. The van der Waals surface area contributed by atoms with Crippen molar-refractivity contribution in [1.29, 1.82) is 0 Å². The molecule has 0 atom stereocenters. The highest BCUT2D eigenvalue weighted by molar-refractivity contribution is 7.99. The molecule has 1 aromatic heterocycles. The van der Waals surface area contributed by atoms with Gasteiger partial charge in [-0.3, -0.25) is 9.59 Å². The van der Waals surface area contributed by atoms with E-state index in [-0.39, 0.29) is 29.3 Å². The third kappa shape index (κ3) is 5.75. The normalized spacial score (nSPS) is 10.6. The van der Waals surface area contributed by atoms with E-state index in [1.807, 2.05) is 0 Å². The molecule has 150 valence electrons. The van der Waals surface area contributed by atoms with Gasteiger partial charge in [-0.1, -0.05) is 29.4 Å². The first kappa shape index (κ1) is 20.7. The number of halogens is 3. The smallest absolute Gasteiger partial charge is 0.277 e. The van der Waals surface area contributed by atoms with Crippen LogP contribution in [0.5, 0.6) is 0 Å². The molecule has 0 aliphatic carbocycles. The quantitative estimate of drug-likeness (QED) is 0.546. The zero-order valence-electron chi connectivity index (χ0n) is 14.6. The van der Waals surface area contributed by atoms with E-state index in [9.17, 15) is 18.4 Å². The molecule has 0 saturated carbocycles. The van der Waals surface area contributed by atoms with E-state index < -0.39 is 23.1 Å². The van der Waals surface area contributed by atoms with E-state index in [1.165, 1.54) is 0 Å². The predicted octanol–water partition coefficient (Wildman–Crippen LogP) is 3.66. The molecule has 2 aromatic carbocycles. The molecule has 0 unspecified atom stereocenters. The molecule has 2 amide bonds. The number of aromatic nitrogens is 2. The van der Waals surface area contributed by atoms with Gasteiger partial charge in [-0.25, -0.2) is 8.78 Å². The maximum Gasteiger partial charge on any atom is 0.277 e. The van der Waals surface area contributed by atoms with Crippen molar-refractivity contribution in [2.24, 2.45) is 0 Å². The second kappa shape index (κ2) is 9.48. The number of carbonyl (C=O) groups excluding carboxylic acids is 2. The van der Waals surface area contributed by atoms with Gasteiger partial charge in [-0.15, -0.1) is 10.2 Å². The molecular weight excluding hydrogens is 426 g/mol. The fraction of sp³-hybridized carbons (Fsp3) is 0.111. The molecule has 0 aliphatic heterocycles. The minimum absolute atomic E-state index is 0.0110. The van der Waals surface area contributed by atoms with Gasteiger partial charge in [0, 0.05) is 10.7 Å². The molecule has 0 fully saturated rings. The summed E-state index contributed by atoms with van der Waals surface area (Å²) in [6.45, 7) is -0.225. The van der Waals surface area contributed by atoms with Gasteiger partial charge in [0.05, 0.1) is 12.3 Å². The monoisotopic (exact) mass is 438 g/mol. The summed E-state index contributed by atoms with van der Waals surface area (Å²) in [5.74, 6) is -3.16. The third-order valence-corrected chi connectivity index (χ3v) is 4.56. The summed E-state index contributed by atoms with van der Waals surface area (Å²) in [6.07, 6.45) is 0. The van der Waals surface area contributed by atoms with E-state index in [2.05, 4.69) is 20.8 Å². The van der Waals surface area contributed by atoms with Gasteiger partial charge < -0.3 is 15.1 Å². The molecule has 0 radical (unpaired) electrons. The Labute approximate surface area is 172 Å². The van der Waals surface area contributed by atoms with Crippen molar-refractivity contribution in [2.75, 3.05) is 11.1 Å². The number of hydrogen-bond acceptors (Lipinski definition) is 6. The highest BCUT2D eigenvalue weighted by Crippen LogP contribution is 2.18. The second-order valence-corrected chi connectivity index (χ2v) is 6.95. The lowest BCUT2D eigenvalue weighted by molar-refractivity contribution is -0.113. The van der Waals surface area contributed by atoms with Crippen LogP contribution in [0.4, 0.5) is 14.5 Å². The third-order valence-electron chi connectivity index (χ3n) is 3.49. The Kier molecular flexibility index (Phi) is 6.78. The van der Waals surface area contributed by atoms with Crippen LogP contribution in [0.3, 0.4) is 0 Å². The minimum Gasteiger partial charge on any atom is -0.414 e. The second-order valence-electron chi connectivity index (χ2n) is 5.58. The predicted molar refractivity (Wildman–Crippen MR) is 103 cm³/mol. The van der Waals surface area contributed by atoms with Gasteiger partial charge in [0.1, 0.15) is 17.2 Å². The van der Waals surface area contributed by atoms with E-state index in [1.54, 1.807) is 24.3 Å². The molecule has 2 N–H and O–H groups in total. The Balaban J connectivity index is 1.48. The van der Waals surface area contributed by atoms with Crippen LogP contribution in [-0.4, -0.2) is 27.8 Å². The molecule has 0 bridgehead atoms. The number of hydrogen-bond donors (Lipinski definition) is 2. The van der Waals surface area contributed by atoms with Gasteiger partial charge in [-0.2, -0.15) is 0 Å². The van der Waals surface area contributed by atoms with Crippen LogP contribution >= 0.6 is 23.4 Å². The number of carbonyl (C=O) groups is 2. The van der Waals surface area contributed by atoms with Crippen LogP contribution < -0.4 is 10.6 Å². The first-order valence-corrected chi connectivity index (χ1v) is 9.51. The first-order chi connectivity index (χ1) is 13.9. The van der Waals surface area contributed by atoms with Crippen LogP contribution in [-0.2, 0) is 11.3 Å². The lowest BCUT2D eigenvalue weighted by Gasteiger charge is -2.05. The maximum absolute atomic E-state index is 13.6. The number of rotatable bonds is 7. The topological polar surface area (TPSA) is 97.1 Å². The van der Waals surface area contributed by atoms with E-state index in [0.29, 0.717) is 10.7 Å². The zero-order chi connectivity index (χ0) is 20.8. The molecule has 29 heavy (non-hydrogen) atoms. The van der Waals surface area contributed by atoms with Crippen molar-refractivity contribution in [3.05, 3.63) is 70.6 Å². The van der Waals surface area contributed by atoms with Crippen LogP contribution in [0.15, 0.2) is 52.1 Å². The Morgan fingerprint density at radius 3 is 2.45 bits per heavy atom. The van der Waals surface area contributed by atoms with Gasteiger partial charge in [-0.05, 0) is 36.4 Å². The van der Waals surface area contributed by atoms with Crippen LogP contribution in [0, 0.1) is 11.6 Å². The number of anilines is 1. The number of nitrogens with zero attached hydrogens (tertiary/aromatic N) is 2. The van der Waals surface area contributed by atoms with Crippen molar-refractivity contribution in [2.45, 2.75) is 11.8 Å². The molecule has 1 heterocycles. The van der Waals surface area contributed by atoms with Gasteiger partial charge >= 0.3 is 0 Å². The molecule has 0 aliphatic rings. The lowest BCUT2D eigenvalue weighted by atomic mass is 10.2. The average Bonchev–Trinajstić information content (AvgIpc) is 3.14. The summed E-state index contributed by atoms with van der Waals surface area (Å²) in [4.78, 5) is 23.9. The molecule has 3 rings (SSSR count). The molecule has 11 heteroatoms. The highest BCUT2D eigenvalue weighted by atomic mass is 35.5. The molecule has 0 saturated heterocycles. The molecule has 0 spiro atoms. The molecular formula is C18H13ClF2N4O3S. The van der Waals surface area contributed by atoms with Crippen molar-refractivity contribution in [3.8, 4) is 0 Å². The number of nitrogens with one attached hydrogen (secondary N) is 2. The Hall–Kier alpha value is -2.98. The van der Waals surface area contributed by atoms with Crippen molar-refractivity contribution >= 4 is 40.9 Å². The summed E-state index contributed by atoms with van der Waals surface area (Å²) in [5, 5.41) is 13.1. The lowest BCUT2D eigenvalue weighted by Crippen LogP contribution is -2.25. The van der Waals surface area contributed by atoms with Crippen molar-refractivity contribution < 1.29 is 22.8 Å². The average molecular weight is 439 g/mol. The van der Waals surface area contributed by atoms with Crippen molar-refractivity contribution in [3.63, 3.8) is 0 Å². The zero-order valence-corrected chi connectivity index (χ0v) is 16.2. The largest absolute Gasteiger partial charge is 0.414 e. The fourth-order valence-corrected chi connectivity index (χ4v) is 2.89. The summed E-state index contributed by atoms with van der Waals surface area (Å²) >= 11 is 6.78. The van der Waals surface area contributed by atoms with E-state index >= 15 is 0 Å². The highest BCUT2D eigenvalue weighted by Gasteiger charge is 2.18. The van der Waals surface area contributed by atoms with Crippen LogP contribution in [0.1, 0.15) is 16.2 Å². The minimum atomic E-state index is -0.976.